The number of hydrogen-bond donors (Lipinski definition) is 0. The van der Waals surface area contributed by atoms with Crippen LogP contribution in [0.25, 0.3) is 0 Å². The average Bonchev–Trinajstić information content (AvgIpc) is 2.65. The molecule has 2 fully saturated rings. The van der Waals surface area contributed by atoms with Crippen molar-refractivity contribution in [3.8, 4) is 6.07 Å². The van der Waals surface area contributed by atoms with Crippen LogP contribution in [0.5, 0.6) is 0 Å². The van der Waals surface area contributed by atoms with E-state index in [9.17, 15) is 13.7 Å². The van der Waals surface area contributed by atoms with Crippen LogP contribution in [0.3, 0.4) is 0 Å². The fourth-order valence-corrected chi connectivity index (χ4v) is 6.09. The van der Waals surface area contributed by atoms with Gasteiger partial charge in [0.25, 0.3) is 0 Å². The maximum atomic E-state index is 12.7. The lowest BCUT2D eigenvalue weighted by molar-refractivity contribution is 0.461. The second-order valence-corrected chi connectivity index (χ2v) is 8.21. The van der Waals surface area contributed by atoms with Crippen molar-refractivity contribution in [2.75, 3.05) is 0 Å². The fourth-order valence-electron chi connectivity index (χ4n) is 3.46. The normalized spacial score (nSPS) is 31.5. The van der Waals surface area contributed by atoms with Crippen LogP contribution in [-0.2, 0) is 9.84 Å². The molecule has 0 N–H and O–H groups in total. The minimum Gasteiger partial charge on any atom is -0.228 e. The molecule has 2 unspecified atom stereocenters. The van der Waals surface area contributed by atoms with E-state index < -0.39 is 9.84 Å². The van der Waals surface area contributed by atoms with E-state index in [1.807, 2.05) is 0 Å². The van der Waals surface area contributed by atoms with Gasteiger partial charge in [0.2, 0.25) is 0 Å². The molecule has 0 aromatic heterocycles. The molecule has 2 aliphatic carbocycles. The van der Waals surface area contributed by atoms with E-state index in [4.69, 9.17) is 0 Å². The monoisotopic (exact) mass is 269 g/mol. The lowest BCUT2D eigenvalue weighted by Crippen LogP contribution is -2.37. The van der Waals surface area contributed by atoms with Crippen molar-refractivity contribution in [1.29, 1.82) is 5.26 Å². The van der Waals surface area contributed by atoms with E-state index in [2.05, 4.69) is 6.07 Å². The van der Waals surface area contributed by atoms with Gasteiger partial charge < -0.3 is 0 Å². The van der Waals surface area contributed by atoms with Crippen molar-refractivity contribution >= 4 is 9.84 Å². The first-order chi connectivity index (χ1) is 8.66. The molecule has 2 atom stereocenters. The minimum absolute atomic E-state index is 0.162. The molecular weight excluding hydrogens is 246 g/mol. The molecule has 0 saturated heterocycles. The van der Waals surface area contributed by atoms with Gasteiger partial charge in [-0.15, -0.1) is 0 Å². The van der Waals surface area contributed by atoms with Crippen LogP contribution in [0.2, 0.25) is 0 Å². The first-order valence-corrected chi connectivity index (χ1v) is 8.89. The Balaban J connectivity index is 2.17. The summed E-state index contributed by atoms with van der Waals surface area (Å²) in [6.07, 6.45) is 9.40. The summed E-state index contributed by atoms with van der Waals surface area (Å²) in [7, 11) is -3.09. The molecule has 0 aromatic carbocycles. The van der Waals surface area contributed by atoms with Crippen LogP contribution < -0.4 is 0 Å². The highest BCUT2D eigenvalue weighted by Gasteiger charge is 2.39. The molecule has 2 aliphatic rings. The van der Waals surface area contributed by atoms with Gasteiger partial charge in [0.05, 0.1) is 22.5 Å². The maximum Gasteiger partial charge on any atom is 0.157 e. The highest BCUT2D eigenvalue weighted by atomic mass is 32.2. The highest BCUT2D eigenvalue weighted by molar-refractivity contribution is 7.92. The van der Waals surface area contributed by atoms with E-state index >= 15 is 0 Å². The van der Waals surface area contributed by atoms with Crippen LogP contribution in [0.1, 0.15) is 64.2 Å². The van der Waals surface area contributed by atoms with Gasteiger partial charge in [-0.1, -0.05) is 38.5 Å². The molecule has 4 heteroatoms. The fraction of sp³-hybridized carbons (Fsp3) is 0.929. The topological polar surface area (TPSA) is 57.9 Å². The molecule has 18 heavy (non-hydrogen) atoms. The van der Waals surface area contributed by atoms with Crippen molar-refractivity contribution in [2.45, 2.75) is 74.7 Å². The van der Waals surface area contributed by atoms with E-state index in [0.717, 1.165) is 51.4 Å². The summed E-state index contributed by atoms with van der Waals surface area (Å²) in [6.45, 7) is 0. The first kappa shape index (κ1) is 13.9. The largest absolute Gasteiger partial charge is 0.228 e. The molecule has 2 saturated carbocycles. The molecule has 102 valence electrons. The Hall–Kier alpha value is -0.560. The van der Waals surface area contributed by atoms with Gasteiger partial charge in [0.15, 0.2) is 9.84 Å². The zero-order valence-corrected chi connectivity index (χ0v) is 11.8. The third kappa shape index (κ3) is 2.88. The highest BCUT2D eigenvalue weighted by Crippen LogP contribution is 2.34. The average molecular weight is 269 g/mol. The zero-order chi connectivity index (χ0) is 13.0. The summed E-state index contributed by atoms with van der Waals surface area (Å²) >= 11 is 0. The summed E-state index contributed by atoms with van der Waals surface area (Å²) in [6, 6.07) is 2.26. The molecule has 0 spiro atoms. The quantitative estimate of drug-likeness (QED) is 0.723. The molecule has 0 bridgehead atoms. The Morgan fingerprint density at radius 1 is 0.833 bits per heavy atom. The number of hydrogen-bond acceptors (Lipinski definition) is 3. The first-order valence-electron chi connectivity index (χ1n) is 7.28. The van der Waals surface area contributed by atoms with E-state index in [1.54, 1.807) is 0 Å². The van der Waals surface area contributed by atoms with E-state index in [1.165, 1.54) is 6.42 Å². The second-order valence-electron chi connectivity index (χ2n) is 5.76. The van der Waals surface area contributed by atoms with Crippen LogP contribution in [-0.4, -0.2) is 18.9 Å². The molecular formula is C14H23NO2S. The van der Waals surface area contributed by atoms with Gasteiger partial charge in [-0.25, -0.2) is 8.42 Å². The summed E-state index contributed by atoms with van der Waals surface area (Å²) in [5.74, 6) is -0.264. The van der Waals surface area contributed by atoms with E-state index in [-0.39, 0.29) is 16.4 Å². The Morgan fingerprint density at radius 3 is 2.00 bits per heavy atom. The molecule has 0 aromatic rings. The maximum absolute atomic E-state index is 12.7. The second kappa shape index (κ2) is 6.06. The Labute approximate surface area is 110 Å². The molecule has 2 rings (SSSR count). The predicted molar refractivity (Wildman–Crippen MR) is 71.8 cm³/mol. The SMILES string of the molecule is N#CC1CCCCCC1S(=O)(=O)C1CCCCC1. The van der Waals surface area contributed by atoms with Gasteiger partial charge in [0.1, 0.15) is 0 Å². The lowest BCUT2D eigenvalue weighted by atomic mass is 10.0. The van der Waals surface area contributed by atoms with Gasteiger partial charge in [-0.05, 0) is 25.7 Å². The number of rotatable bonds is 2. The predicted octanol–water partition coefficient (Wildman–Crippen LogP) is 3.21. The Kier molecular flexibility index (Phi) is 4.66. The van der Waals surface area contributed by atoms with Gasteiger partial charge in [-0.2, -0.15) is 5.26 Å². The van der Waals surface area contributed by atoms with Crippen molar-refractivity contribution in [3.05, 3.63) is 0 Å². The lowest BCUT2D eigenvalue weighted by Gasteiger charge is -2.28. The Bertz CT molecular complexity index is 404. The number of nitriles is 1. The summed E-state index contributed by atoms with van der Waals surface area (Å²) in [4.78, 5) is 0. The zero-order valence-electron chi connectivity index (χ0n) is 11.0. The minimum atomic E-state index is -3.09. The van der Waals surface area contributed by atoms with Crippen molar-refractivity contribution < 1.29 is 8.42 Å². The Morgan fingerprint density at radius 2 is 1.39 bits per heavy atom. The summed E-state index contributed by atoms with van der Waals surface area (Å²) in [5, 5.41) is 8.69. The molecule has 0 radical (unpaired) electrons. The number of nitrogens with zero attached hydrogens (tertiary/aromatic N) is 1. The smallest absolute Gasteiger partial charge is 0.157 e. The van der Waals surface area contributed by atoms with Gasteiger partial charge in [-0.3, -0.25) is 0 Å². The molecule has 0 aliphatic heterocycles. The molecule has 0 heterocycles. The van der Waals surface area contributed by atoms with Gasteiger partial charge >= 0.3 is 0 Å². The van der Waals surface area contributed by atoms with Crippen LogP contribution in [0.15, 0.2) is 0 Å². The van der Waals surface area contributed by atoms with Crippen LogP contribution >= 0.6 is 0 Å². The molecule has 0 amide bonds. The van der Waals surface area contributed by atoms with Crippen molar-refractivity contribution in [1.82, 2.24) is 0 Å². The van der Waals surface area contributed by atoms with Gasteiger partial charge in [0, 0.05) is 0 Å². The van der Waals surface area contributed by atoms with Crippen molar-refractivity contribution in [2.24, 2.45) is 5.92 Å². The van der Waals surface area contributed by atoms with Crippen LogP contribution in [0, 0.1) is 17.2 Å². The van der Waals surface area contributed by atoms with Crippen LogP contribution in [0.4, 0.5) is 0 Å². The number of sulfone groups is 1. The van der Waals surface area contributed by atoms with Crippen molar-refractivity contribution in [3.63, 3.8) is 0 Å². The summed E-state index contributed by atoms with van der Waals surface area (Å²) < 4.78 is 25.4. The summed E-state index contributed by atoms with van der Waals surface area (Å²) in [5.41, 5.74) is 0. The standard InChI is InChI=1S/C14H23NO2S/c15-11-12-7-3-1-6-10-14(12)18(16,17)13-8-4-2-5-9-13/h12-14H,1-10H2. The third-order valence-corrected chi connectivity index (χ3v) is 7.37. The molecule has 3 nitrogen and oxygen atoms in total. The third-order valence-electron chi connectivity index (χ3n) is 4.56. The van der Waals surface area contributed by atoms with E-state index in [0.29, 0.717) is 6.42 Å².